The Morgan fingerprint density at radius 1 is 1.44 bits per heavy atom. The van der Waals surface area contributed by atoms with Crippen LogP contribution >= 0.6 is 0 Å². The fourth-order valence-corrected chi connectivity index (χ4v) is 1.51. The molecule has 2 heterocycles. The Labute approximate surface area is 103 Å². The van der Waals surface area contributed by atoms with E-state index in [4.69, 9.17) is 4.42 Å². The molecular weight excluding hydrogens is 232 g/mol. The number of ketones is 1. The molecule has 0 saturated heterocycles. The van der Waals surface area contributed by atoms with Crippen molar-refractivity contribution < 1.29 is 9.21 Å². The van der Waals surface area contributed by atoms with Crippen LogP contribution in [0.4, 0.5) is 0 Å². The second-order valence-corrected chi connectivity index (χ2v) is 3.91. The maximum atomic E-state index is 11.8. The topological polar surface area (TPSA) is 65.1 Å². The minimum Gasteiger partial charge on any atom is -0.458 e. The number of nitrogens with zero attached hydrogens (tertiary/aromatic N) is 2. The molecule has 0 saturated carbocycles. The van der Waals surface area contributed by atoms with Crippen LogP contribution in [0.25, 0.3) is 6.08 Å². The number of allylic oxidation sites excluding steroid dienone is 1. The molecule has 0 aliphatic rings. The molecule has 5 nitrogen and oxygen atoms in total. The van der Waals surface area contributed by atoms with Crippen molar-refractivity contribution in [2.45, 2.75) is 6.92 Å². The Morgan fingerprint density at radius 3 is 2.83 bits per heavy atom. The molecule has 18 heavy (non-hydrogen) atoms. The summed E-state index contributed by atoms with van der Waals surface area (Å²) in [5, 5.41) is 3.98. The molecule has 0 aliphatic heterocycles. The summed E-state index contributed by atoms with van der Waals surface area (Å²) in [4.78, 5) is 23.0. The standard InChI is InChI=1S/C13H12N2O3/c1-9-5-11(16)6-13(18-9)12(17)4-3-10-7-14-15(2)8-10/h3-8H,1-2H3/b4-3+. The Morgan fingerprint density at radius 2 is 2.22 bits per heavy atom. The third kappa shape index (κ3) is 2.82. The summed E-state index contributed by atoms with van der Waals surface area (Å²) in [7, 11) is 1.79. The van der Waals surface area contributed by atoms with Crippen LogP contribution in [0.2, 0.25) is 0 Å². The van der Waals surface area contributed by atoms with Crippen molar-refractivity contribution in [3.05, 3.63) is 57.9 Å². The van der Waals surface area contributed by atoms with Gasteiger partial charge in [-0.25, -0.2) is 0 Å². The maximum Gasteiger partial charge on any atom is 0.221 e. The normalized spacial score (nSPS) is 11.0. The molecular formula is C13H12N2O3. The molecule has 2 aromatic heterocycles. The monoisotopic (exact) mass is 244 g/mol. The van der Waals surface area contributed by atoms with E-state index in [-0.39, 0.29) is 17.0 Å². The molecule has 92 valence electrons. The van der Waals surface area contributed by atoms with Crippen LogP contribution in [0.15, 0.2) is 39.8 Å². The van der Waals surface area contributed by atoms with Crippen LogP contribution in [0, 0.1) is 6.92 Å². The zero-order valence-electron chi connectivity index (χ0n) is 10.1. The van der Waals surface area contributed by atoms with Gasteiger partial charge in [0, 0.05) is 30.9 Å². The molecule has 0 unspecified atom stereocenters. The van der Waals surface area contributed by atoms with E-state index in [2.05, 4.69) is 5.10 Å². The Hall–Kier alpha value is -2.43. The van der Waals surface area contributed by atoms with Crippen molar-refractivity contribution in [1.82, 2.24) is 9.78 Å². The number of aromatic nitrogens is 2. The van der Waals surface area contributed by atoms with Crippen molar-refractivity contribution >= 4 is 11.9 Å². The third-order valence-corrected chi connectivity index (χ3v) is 2.28. The zero-order chi connectivity index (χ0) is 13.1. The number of carbonyl (C=O) groups is 1. The van der Waals surface area contributed by atoms with E-state index in [1.807, 2.05) is 0 Å². The molecule has 0 fully saturated rings. The molecule has 0 spiro atoms. The lowest BCUT2D eigenvalue weighted by Crippen LogP contribution is -2.04. The summed E-state index contributed by atoms with van der Waals surface area (Å²) in [5.41, 5.74) is 0.567. The van der Waals surface area contributed by atoms with Crippen molar-refractivity contribution in [1.29, 1.82) is 0 Å². The van der Waals surface area contributed by atoms with E-state index in [1.165, 1.54) is 18.2 Å². The number of hydrogen-bond donors (Lipinski definition) is 0. The van der Waals surface area contributed by atoms with Gasteiger partial charge in [-0.1, -0.05) is 0 Å². The van der Waals surface area contributed by atoms with Crippen LogP contribution < -0.4 is 5.43 Å². The smallest absolute Gasteiger partial charge is 0.221 e. The zero-order valence-corrected chi connectivity index (χ0v) is 10.1. The quantitative estimate of drug-likeness (QED) is 0.607. The lowest BCUT2D eigenvalue weighted by atomic mass is 10.2. The van der Waals surface area contributed by atoms with Crippen molar-refractivity contribution in [2.24, 2.45) is 7.05 Å². The van der Waals surface area contributed by atoms with Gasteiger partial charge in [0.1, 0.15) is 5.76 Å². The highest BCUT2D eigenvalue weighted by Gasteiger charge is 2.06. The minimum atomic E-state index is -0.348. The Balaban J connectivity index is 2.22. The van der Waals surface area contributed by atoms with Gasteiger partial charge < -0.3 is 4.42 Å². The van der Waals surface area contributed by atoms with E-state index in [0.29, 0.717) is 5.76 Å². The largest absolute Gasteiger partial charge is 0.458 e. The van der Waals surface area contributed by atoms with Gasteiger partial charge in [-0.15, -0.1) is 0 Å². The molecule has 0 radical (unpaired) electrons. The van der Waals surface area contributed by atoms with Crippen LogP contribution in [-0.4, -0.2) is 15.6 Å². The van der Waals surface area contributed by atoms with E-state index >= 15 is 0 Å². The second kappa shape index (κ2) is 4.83. The molecule has 0 N–H and O–H groups in total. The predicted molar refractivity (Wildman–Crippen MR) is 66.3 cm³/mol. The third-order valence-electron chi connectivity index (χ3n) is 2.28. The second-order valence-electron chi connectivity index (χ2n) is 3.91. The molecule has 0 aromatic carbocycles. The van der Waals surface area contributed by atoms with Gasteiger partial charge in [0.2, 0.25) is 5.78 Å². The number of aryl methyl sites for hydroxylation is 2. The highest BCUT2D eigenvalue weighted by atomic mass is 16.3. The first-order valence-corrected chi connectivity index (χ1v) is 5.37. The SMILES string of the molecule is Cc1cc(=O)cc(C(=O)/C=C/c2cnn(C)c2)o1. The molecule has 0 atom stereocenters. The summed E-state index contributed by atoms with van der Waals surface area (Å²) < 4.78 is 6.83. The van der Waals surface area contributed by atoms with Gasteiger partial charge in [-0.05, 0) is 19.1 Å². The minimum absolute atomic E-state index is 0.0418. The predicted octanol–water partition coefficient (Wildman–Crippen LogP) is 1.58. The molecule has 2 aromatic rings. The average molecular weight is 244 g/mol. The maximum absolute atomic E-state index is 11.8. The molecule has 0 amide bonds. The van der Waals surface area contributed by atoms with Crippen molar-refractivity contribution in [3.63, 3.8) is 0 Å². The molecule has 0 bridgehead atoms. The van der Waals surface area contributed by atoms with Crippen LogP contribution in [-0.2, 0) is 7.05 Å². The summed E-state index contributed by atoms with van der Waals surface area (Å²) in [6, 6.07) is 2.52. The van der Waals surface area contributed by atoms with Crippen molar-refractivity contribution in [2.75, 3.05) is 0 Å². The summed E-state index contributed by atoms with van der Waals surface area (Å²) >= 11 is 0. The molecule has 5 heteroatoms. The first kappa shape index (κ1) is 12.0. The summed E-state index contributed by atoms with van der Waals surface area (Å²) in [6.07, 6.45) is 6.39. The Kier molecular flexibility index (Phi) is 3.23. The highest BCUT2D eigenvalue weighted by molar-refractivity contribution is 6.04. The van der Waals surface area contributed by atoms with E-state index in [9.17, 15) is 9.59 Å². The first-order valence-electron chi connectivity index (χ1n) is 5.37. The number of carbonyl (C=O) groups excluding carboxylic acids is 1. The number of hydrogen-bond acceptors (Lipinski definition) is 4. The fourth-order valence-electron chi connectivity index (χ4n) is 1.51. The van der Waals surface area contributed by atoms with Gasteiger partial charge >= 0.3 is 0 Å². The highest BCUT2D eigenvalue weighted by Crippen LogP contribution is 2.05. The number of rotatable bonds is 3. The molecule has 2 rings (SSSR count). The van der Waals surface area contributed by atoms with Crippen LogP contribution in [0.5, 0.6) is 0 Å². The van der Waals surface area contributed by atoms with Crippen LogP contribution in [0.1, 0.15) is 21.9 Å². The van der Waals surface area contributed by atoms with Gasteiger partial charge in [-0.3, -0.25) is 14.3 Å². The summed E-state index contributed by atoms with van der Waals surface area (Å²) in [5.74, 6) is 0.112. The average Bonchev–Trinajstić information content (AvgIpc) is 2.70. The lowest BCUT2D eigenvalue weighted by molar-refractivity contribution is 0.101. The van der Waals surface area contributed by atoms with Crippen molar-refractivity contribution in [3.8, 4) is 0 Å². The van der Waals surface area contributed by atoms with Gasteiger partial charge in [-0.2, -0.15) is 5.10 Å². The lowest BCUT2D eigenvalue weighted by Gasteiger charge is -1.96. The first-order chi connectivity index (χ1) is 8.54. The van der Waals surface area contributed by atoms with Crippen LogP contribution in [0.3, 0.4) is 0 Å². The van der Waals surface area contributed by atoms with E-state index < -0.39 is 0 Å². The van der Waals surface area contributed by atoms with Gasteiger partial charge in [0.25, 0.3) is 0 Å². The van der Waals surface area contributed by atoms with E-state index in [0.717, 1.165) is 5.56 Å². The summed E-state index contributed by atoms with van der Waals surface area (Å²) in [6.45, 7) is 1.63. The van der Waals surface area contributed by atoms with E-state index in [1.54, 1.807) is 37.1 Å². The van der Waals surface area contributed by atoms with Gasteiger partial charge in [0.15, 0.2) is 11.2 Å². The fraction of sp³-hybridized carbons (Fsp3) is 0.154. The van der Waals surface area contributed by atoms with Gasteiger partial charge in [0.05, 0.1) is 6.20 Å². The Bertz CT molecular complexity index is 665. The molecule has 0 aliphatic carbocycles.